The monoisotopic (exact) mass is 419 g/mol. The molecule has 0 saturated carbocycles. The fraction of sp³-hybridized carbons (Fsp3) is 0.760. The summed E-state index contributed by atoms with van der Waals surface area (Å²) >= 11 is 0. The first-order valence-corrected chi connectivity index (χ1v) is 12.2. The highest BCUT2D eigenvalue weighted by Crippen LogP contribution is 2.23. The molecule has 0 saturated heterocycles. The molecule has 1 aliphatic rings. The van der Waals surface area contributed by atoms with Crippen molar-refractivity contribution < 1.29 is 9.59 Å². The smallest absolute Gasteiger partial charge is 0.249 e. The van der Waals surface area contributed by atoms with Crippen LogP contribution in [0.15, 0.2) is 22.5 Å². The second-order valence-electron chi connectivity index (χ2n) is 8.56. The van der Waals surface area contributed by atoms with Crippen molar-refractivity contribution in [3.05, 3.63) is 22.5 Å². The minimum Gasteiger partial charge on any atom is -0.362 e. The highest BCUT2D eigenvalue weighted by atomic mass is 16.2. The third-order valence-electron chi connectivity index (χ3n) is 5.81. The van der Waals surface area contributed by atoms with Gasteiger partial charge in [-0.05, 0) is 26.7 Å². The number of rotatable bonds is 16. The molecule has 0 radical (unpaired) electrons. The summed E-state index contributed by atoms with van der Waals surface area (Å²) in [5, 5.41) is 9.30. The van der Waals surface area contributed by atoms with Crippen molar-refractivity contribution in [2.24, 2.45) is 0 Å². The Hall–Kier alpha value is -1.78. The van der Waals surface area contributed by atoms with Gasteiger partial charge in [0.05, 0.1) is 0 Å². The van der Waals surface area contributed by atoms with Gasteiger partial charge in [0, 0.05) is 42.1 Å². The first-order valence-electron chi connectivity index (χ1n) is 12.2. The fourth-order valence-corrected chi connectivity index (χ4v) is 3.80. The summed E-state index contributed by atoms with van der Waals surface area (Å²) < 4.78 is 0. The van der Waals surface area contributed by atoms with Gasteiger partial charge < -0.3 is 16.0 Å². The van der Waals surface area contributed by atoms with E-state index in [2.05, 4.69) is 29.8 Å². The molecule has 0 fully saturated rings. The van der Waals surface area contributed by atoms with Gasteiger partial charge in [0.1, 0.15) is 0 Å². The van der Waals surface area contributed by atoms with Crippen molar-refractivity contribution in [1.29, 1.82) is 0 Å². The summed E-state index contributed by atoms with van der Waals surface area (Å²) in [6.45, 7) is 9.65. The summed E-state index contributed by atoms with van der Waals surface area (Å²) in [4.78, 5) is 25.3. The Morgan fingerprint density at radius 3 is 1.43 bits per heavy atom. The van der Waals surface area contributed by atoms with Gasteiger partial charge >= 0.3 is 0 Å². The highest BCUT2D eigenvalue weighted by Gasteiger charge is 2.24. The molecule has 1 aliphatic heterocycles. The molecular weight excluding hydrogens is 374 g/mol. The normalized spacial score (nSPS) is 14.0. The number of amides is 2. The van der Waals surface area contributed by atoms with Crippen molar-refractivity contribution >= 4 is 11.8 Å². The van der Waals surface area contributed by atoms with Crippen LogP contribution in [0.2, 0.25) is 0 Å². The molecule has 5 heteroatoms. The molecule has 0 bridgehead atoms. The van der Waals surface area contributed by atoms with E-state index in [1.807, 2.05) is 13.8 Å². The van der Waals surface area contributed by atoms with E-state index in [1.165, 1.54) is 51.4 Å². The van der Waals surface area contributed by atoms with Crippen LogP contribution in [-0.2, 0) is 9.59 Å². The largest absolute Gasteiger partial charge is 0.362 e. The van der Waals surface area contributed by atoms with Gasteiger partial charge in [-0.15, -0.1) is 0 Å². The zero-order valence-corrected chi connectivity index (χ0v) is 19.9. The number of hydrogen-bond donors (Lipinski definition) is 3. The van der Waals surface area contributed by atoms with Crippen molar-refractivity contribution in [1.82, 2.24) is 16.0 Å². The summed E-state index contributed by atoms with van der Waals surface area (Å²) in [5.74, 6) is -0.107. The van der Waals surface area contributed by atoms with Gasteiger partial charge in [0.25, 0.3) is 0 Å². The number of carbonyl (C=O) groups excluding carboxylic acids is 2. The van der Waals surface area contributed by atoms with E-state index in [0.29, 0.717) is 30.7 Å². The van der Waals surface area contributed by atoms with Gasteiger partial charge in [-0.25, -0.2) is 0 Å². The Morgan fingerprint density at radius 2 is 1.03 bits per heavy atom. The maximum absolute atomic E-state index is 12.6. The summed E-state index contributed by atoms with van der Waals surface area (Å²) in [7, 11) is 0. The van der Waals surface area contributed by atoms with Crippen LogP contribution in [0.5, 0.6) is 0 Å². The lowest BCUT2D eigenvalue weighted by atomic mass is 9.96. The van der Waals surface area contributed by atoms with Crippen molar-refractivity contribution in [2.75, 3.05) is 13.1 Å². The van der Waals surface area contributed by atoms with Crippen LogP contribution in [-0.4, -0.2) is 24.9 Å². The van der Waals surface area contributed by atoms with Crippen LogP contribution in [0, 0.1) is 0 Å². The average Bonchev–Trinajstić information content (AvgIpc) is 2.72. The van der Waals surface area contributed by atoms with E-state index in [9.17, 15) is 9.59 Å². The standard InChI is InChI=1S/C25H45N3O2/c1-5-7-9-11-13-15-17-26-24(29)22-19-23(21(4)28-20(22)3)25(30)27-18-16-14-12-10-8-6-2/h28H,5-19H2,1-4H3,(H,26,29)(H,27,30). The quantitative estimate of drug-likeness (QED) is 0.290. The van der Waals surface area contributed by atoms with E-state index in [4.69, 9.17) is 0 Å². The SMILES string of the molecule is CCCCCCCCNC(=O)C1=C(C)NC(C)=C(C(=O)NCCCCCCCC)C1. The highest BCUT2D eigenvalue weighted by molar-refractivity contribution is 6.00. The number of nitrogens with one attached hydrogen (secondary N) is 3. The van der Waals surface area contributed by atoms with E-state index in [-0.39, 0.29) is 11.8 Å². The zero-order valence-electron chi connectivity index (χ0n) is 19.9. The Balaban J connectivity index is 2.37. The average molecular weight is 420 g/mol. The van der Waals surface area contributed by atoms with Crippen LogP contribution >= 0.6 is 0 Å². The molecule has 0 aromatic carbocycles. The minimum absolute atomic E-state index is 0.0534. The predicted molar refractivity (Wildman–Crippen MR) is 126 cm³/mol. The lowest BCUT2D eigenvalue weighted by Gasteiger charge is -2.23. The van der Waals surface area contributed by atoms with Gasteiger partial charge in [-0.3, -0.25) is 9.59 Å². The van der Waals surface area contributed by atoms with Crippen LogP contribution < -0.4 is 16.0 Å². The van der Waals surface area contributed by atoms with Crippen LogP contribution in [0.25, 0.3) is 0 Å². The topological polar surface area (TPSA) is 70.2 Å². The van der Waals surface area contributed by atoms with Crippen molar-refractivity contribution in [3.63, 3.8) is 0 Å². The zero-order chi connectivity index (χ0) is 22.2. The van der Waals surface area contributed by atoms with Crippen LogP contribution in [0.1, 0.15) is 111 Å². The number of unbranched alkanes of at least 4 members (excludes halogenated alkanes) is 10. The summed E-state index contributed by atoms with van der Waals surface area (Å²) in [6.07, 6.45) is 14.8. The van der Waals surface area contributed by atoms with Crippen molar-refractivity contribution in [2.45, 2.75) is 111 Å². The van der Waals surface area contributed by atoms with Crippen LogP contribution in [0.4, 0.5) is 0 Å². The Morgan fingerprint density at radius 1 is 0.667 bits per heavy atom. The molecule has 172 valence electrons. The number of dihydropyridines is 1. The van der Waals surface area contributed by atoms with Gasteiger partial charge in [-0.2, -0.15) is 0 Å². The molecule has 2 amide bonds. The molecule has 0 aromatic heterocycles. The molecule has 30 heavy (non-hydrogen) atoms. The molecule has 0 aromatic rings. The molecule has 5 nitrogen and oxygen atoms in total. The van der Waals surface area contributed by atoms with E-state index in [0.717, 1.165) is 37.1 Å². The van der Waals surface area contributed by atoms with E-state index < -0.39 is 0 Å². The lowest BCUT2D eigenvalue weighted by molar-refractivity contribution is -0.118. The number of hydrogen-bond acceptors (Lipinski definition) is 3. The second kappa shape index (κ2) is 16.0. The molecule has 0 aliphatic carbocycles. The molecule has 1 heterocycles. The molecular formula is C25H45N3O2. The first-order chi connectivity index (χ1) is 14.5. The third kappa shape index (κ3) is 10.3. The maximum Gasteiger partial charge on any atom is 0.249 e. The maximum atomic E-state index is 12.6. The number of carbonyl (C=O) groups is 2. The number of allylic oxidation sites excluding steroid dienone is 2. The lowest BCUT2D eigenvalue weighted by Crippen LogP contribution is -2.35. The molecule has 0 atom stereocenters. The molecule has 0 unspecified atom stereocenters. The van der Waals surface area contributed by atoms with Crippen LogP contribution in [0.3, 0.4) is 0 Å². The first kappa shape index (κ1) is 26.3. The van der Waals surface area contributed by atoms with E-state index in [1.54, 1.807) is 0 Å². The second-order valence-corrected chi connectivity index (χ2v) is 8.56. The third-order valence-corrected chi connectivity index (χ3v) is 5.81. The Labute approximate surface area is 184 Å². The van der Waals surface area contributed by atoms with Crippen molar-refractivity contribution in [3.8, 4) is 0 Å². The van der Waals surface area contributed by atoms with Gasteiger partial charge in [0.15, 0.2) is 0 Å². The van der Waals surface area contributed by atoms with Gasteiger partial charge in [-0.1, -0.05) is 78.1 Å². The fourth-order valence-electron chi connectivity index (χ4n) is 3.80. The molecule has 1 rings (SSSR count). The minimum atomic E-state index is -0.0534. The predicted octanol–water partition coefficient (Wildman–Crippen LogP) is 5.48. The summed E-state index contributed by atoms with van der Waals surface area (Å²) in [5.41, 5.74) is 3.05. The summed E-state index contributed by atoms with van der Waals surface area (Å²) in [6, 6.07) is 0. The Kier molecular flexibility index (Phi) is 14.0. The Bertz CT molecular complexity index is 543. The van der Waals surface area contributed by atoms with E-state index >= 15 is 0 Å². The molecule has 0 spiro atoms. The molecule has 3 N–H and O–H groups in total. The van der Waals surface area contributed by atoms with Gasteiger partial charge in [0.2, 0.25) is 11.8 Å².